The number of hydrogen-bond donors (Lipinski definition) is 1. The first kappa shape index (κ1) is 27.0. The molecule has 4 rings (SSSR count). The van der Waals surface area contributed by atoms with Gasteiger partial charge in [0.25, 0.3) is 0 Å². The molecule has 3 saturated heterocycles. The van der Waals surface area contributed by atoms with Crippen molar-refractivity contribution < 1.29 is 42.2 Å². The molecule has 10 nitrogen and oxygen atoms in total. The third-order valence-electron chi connectivity index (χ3n) is 6.85. The third-order valence-corrected chi connectivity index (χ3v) is 6.85. The van der Waals surface area contributed by atoms with E-state index in [1.54, 1.807) is 0 Å². The minimum absolute atomic E-state index is 0.230. The van der Waals surface area contributed by atoms with Crippen LogP contribution in [-0.4, -0.2) is 95.0 Å². The molecule has 4 atom stereocenters. The lowest BCUT2D eigenvalue weighted by atomic mass is 9.78. The number of nitrogens with zero attached hydrogens (tertiary/aromatic N) is 4. The average Bonchev–Trinajstić information content (AvgIpc) is 3.39. The van der Waals surface area contributed by atoms with Crippen LogP contribution in [0.3, 0.4) is 0 Å². The number of aliphatic imine (C=N–C) groups is 1. The average molecular weight is 512 g/mol. The fraction of sp³-hybridized carbons (Fsp3) is 0.522. The molecular weight excluding hydrogens is 485 g/mol. The second-order valence-corrected chi connectivity index (χ2v) is 8.73. The number of aliphatic carboxylic acids is 1. The summed E-state index contributed by atoms with van der Waals surface area (Å²) in [7, 11) is 4.72. The van der Waals surface area contributed by atoms with Gasteiger partial charge in [0.1, 0.15) is 0 Å². The maximum atomic E-state index is 13.1. The fourth-order valence-electron chi connectivity index (χ4n) is 5.28. The fourth-order valence-corrected chi connectivity index (χ4v) is 5.28. The molecule has 1 N–H and O–H groups in total. The number of hydrogen-bond acceptors (Lipinski definition) is 6. The van der Waals surface area contributed by atoms with E-state index in [9.17, 15) is 27.6 Å². The molecule has 0 saturated carbocycles. The number of alkyl halides is 3. The molecule has 1 aromatic rings. The minimum atomic E-state index is -5.08. The third kappa shape index (κ3) is 4.26. The molecule has 3 heterocycles. The molecule has 0 spiro atoms. The molecule has 0 aliphatic carbocycles. The van der Waals surface area contributed by atoms with Gasteiger partial charge in [-0.1, -0.05) is 37.3 Å². The zero-order chi connectivity index (χ0) is 27.0. The first-order valence-corrected chi connectivity index (χ1v) is 11.1. The number of methoxy groups -OCH3 is 1. The number of fused-ring (bicyclic) bond motifs is 3. The van der Waals surface area contributed by atoms with E-state index in [1.165, 1.54) is 19.1 Å². The summed E-state index contributed by atoms with van der Waals surface area (Å²) in [5, 5.41) is 7.12. The maximum Gasteiger partial charge on any atom is 0.490 e. The van der Waals surface area contributed by atoms with Gasteiger partial charge in [0.2, 0.25) is 11.8 Å². The van der Waals surface area contributed by atoms with Gasteiger partial charge in [-0.2, -0.15) is 13.2 Å². The highest BCUT2D eigenvalue weighted by Crippen LogP contribution is 2.53. The van der Waals surface area contributed by atoms with Gasteiger partial charge in [0.05, 0.1) is 31.5 Å². The van der Waals surface area contributed by atoms with E-state index >= 15 is 0 Å². The van der Waals surface area contributed by atoms with Crippen molar-refractivity contribution in [3.8, 4) is 0 Å². The van der Waals surface area contributed by atoms with E-state index < -0.39 is 35.5 Å². The van der Waals surface area contributed by atoms with E-state index in [-0.39, 0.29) is 17.9 Å². The number of amides is 2. The van der Waals surface area contributed by atoms with Crippen LogP contribution in [0.15, 0.2) is 35.3 Å². The van der Waals surface area contributed by atoms with Gasteiger partial charge < -0.3 is 19.6 Å². The molecule has 0 bridgehead atoms. The smallest absolute Gasteiger partial charge is 0.475 e. The molecule has 13 heteroatoms. The number of halogens is 3. The zero-order valence-corrected chi connectivity index (χ0v) is 20.2. The normalized spacial score (nSPS) is 28.1. The van der Waals surface area contributed by atoms with E-state index in [4.69, 9.17) is 19.6 Å². The summed E-state index contributed by atoms with van der Waals surface area (Å²) in [5.74, 6) is -4.48. The second-order valence-electron chi connectivity index (χ2n) is 8.73. The van der Waals surface area contributed by atoms with Crippen LogP contribution in [-0.2, 0) is 30.5 Å². The molecule has 0 aromatic heterocycles. The molecule has 2 amide bonds. The summed E-state index contributed by atoms with van der Waals surface area (Å²) in [4.78, 5) is 57.8. The lowest BCUT2D eigenvalue weighted by molar-refractivity contribution is -0.192. The Balaban J connectivity index is 0.000000454. The Bertz CT molecular complexity index is 1080. The molecule has 3 aliphatic rings. The number of carbonyl (C=O) groups excluding carboxylic acids is 3. The van der Waals surface area contributed by atoms with Crippen molar-refractivity contribution >= 4 is 29.7 Å². The topological polar surface area (TPSA) is 120 Å². The number of rotatable bonds is 4. The van der Waals surface area contributed by atoms with Crippen molar-refractivity contribution in [1.82, 2.24) is 14.7 Å². The number of likely N-dealkylation sites (N-methyl/N-ethyl adjacent to an activating group) is 1. The van der Waals surface area contributed by atoms with Gasteiger partial charge in [-0.25, -0.2) is 14.6 Å². The first-order valence-electron chi connectivity index (χ1n) is 11.1. The summed E-state index contributed by atoms with van der Waals surface area (Å²) >= 11 is 0. The van der Waals surface area contributed by atoms with Crippen LogP contribution in [0, 0.1) is 11.8 Å². The van der Waals surface area contributed by atoms with Crippen molar-refractivity contribution in [1.29, 1.82) is 0 Å². The Labute approximate surface area is 205 Å². The van der Waals surface area contributed by atoms with Crippen molar-refractivity contribution in [2.24, 2.45) is 16.8 Å². The van der Waals surface area contributed by atoms with E-state index in [0.717, 1.165) is 5.56 Å². The highest BCUT2D eigenvalue weighted by atomic mass is 19.4. The highest BCUT2D eigenvalue weighted by molar-refractivity contribution is 6.11. The number of guanidine groups is 1. The summed E-state index contributed by atoms with van der Waals surface area (Å²) in [5.41, 5.74) is -0.190. The first-order chi connectivity index (χ1) is 16.8. The number of likely N-dealkylation sites (tertiary alicyclic amines) is 1. The monoisotopic (exact) mass is 512 g/mol. The number of benzene rings is 1. The molecule has 196 valence electrons. The lowest BCUT2D eigenvalue weighted by Gasteiger charge is -2.39. The van der Waals surface area contributed by atoms with Gasteiger partial charge in [-0.3, -0.25) is 14.5 Å². The molecule has 36 heavy (non-hydrogen) atoms. The van der Waals surface area contributed by atoms with Gasteiger partial charge in [-0.05, 0) is 12.0 Å². The largest absolute Gasteiger partial charge is 0.490 e. The minimum Gasteiger partial charge on any atom is -0.475 e. The Morgan fingerprint density at radius 1 is 1.17 bits per heavy atom. The van der Waals surface area contributed by atoms with Crippen LogP contribution in [0.1, 0.15) is 18.9 Å². The van der Waals surface area contributed by atoms with Crippen LogP contribution < -0.4 is 0 Å². The second kappa shape index (κ2) is 9.78. The van der Waals surface area contributed by atoms with Gasteiger partial charge >= 0.3 is 18.1 Å². The standard InChI is InChI=1S/C21H26N4O4.C2HF3O2/c1-5-21(19(28)29-4)16-15(17(26)24(3)18(16)27)14-12-23(2)20(25(14)21)22-11-13-9-7-6-8-10-13;3-2(4,5)1(6)7/h6-10,14-16H,5,11-12H2,1-4H3;(H,6,7)/t14-,15+,16-,21-;/m1./s1. The Morgan fingerprint density at radius 2 is 1.75 bits per heavy atom. The Morgan fingerprint density at radius 3 is 2.25 bits per heavy atom. The molecule has 0 radical (unpaired) electrons. The number of ether oxygens (including phenoxy) is 1. The summed E-state index contributed by atoms with van der Waals surface area (Å²) < 4.78 is 36.9. The summed E-state index contributed by atoms with van der Waals surface area (Å²) in [6, 6.07) is 9.54. The lowest BCUT2D eigenvalue weighted by Crippen LogP contribution is -2.59. The van der Waals surface area contributed by atoms with Crippen LogP contribution in [0.5, 0.6) is 0 Å². The maximum absolute atomic E-state index is 13.1. The van der Waals surface area contributed by atoms with Gasteiger partial charge in [0.15, 0.2) is 11.5 Å². The van der Waals surface area contributed by atoms with Crippen molar-refractivity contribution in [3.63, 3.8) is 0 Å². The molecule has 0 unspecified atom stereocenters. The number of carbonyl (C=O) groups is 4. The molecule has 3 aliphatic heterocycles. The van der Waals surface area contributed by atoms with E-state index in [2.05, 4.69) is 0 Å². The zero-order valence-electron chi connectivity index (χ0n) is 20.2. The summed E-state index contributed by atoms with van der Waals surface area (Å²) in [6.07, 6.45) is -4.73. The number of carboxylic acids is 1. The molecular formula is C23H27F3N4O6. The van der Waals surface area contributed by atoms with Crippen LogP contribution in [0.4, 0.5) is 13.2 Å². The number of esters is 1. The number of carboxylic acid groups (broad SMARTS) is 1. The number of imide groups is 1. The van der Waals surface area contributed by atoms with Crippen LogP contribution in [0.2, 0.25) is 0 Å². The molecule has 1 aromatic carbocycles. The van der Waals surface area contributed by atoms with Crippen molar-refractivity contribution in [3.05, 3.63) is 35.9 Å². The van der Waals surface area contributed by atoms with Crippen molar-refractivity contribution in [2.75, 3.05) is 27.7 Å². The van der Waals surface area contributed by atoms with Crippen molar-refractivity contribution in [2.45, 2.75) is 37.6 Å². The summed E-state index contributed by atoms with van der Waals surface area (Å²) in [6.45, 7) is 2.84. The van der Waals surface area contributed by atoms with E-state index in [1.807, 2.05) is 54.1 Å². The van der Waals surface area contributed by atoms with Gasteiger partial charge in [-0.15, -0.1) is 0 Å². The highest BCUT2D eigenvalue weighted by Gasteiger charge is 2.73. The quantitative estimate of drug-likeness (QED) is 0.475. The van der Waals surface area contributed by atoms with Gasteiger partial charge in [0, 0.05) is 20.6 Å². The SMILES string of the molecule is CC[C@]1(C(=O)OC)[C@H]2C(=O)N(C)C(=O)[C@H]2[C@H]2CN(C)C(=NCc3ccccc3)N21.O=C(O)C(F)(F)F. The predicted octanol–water partition coefficient (Wildman–Crippen LogP) is 1.36. The predicted molar refractivity (Wildman–Crippen MR) is 119 cm³/mol. The Kier molecular flexibility index (Phi) is 7.32. The van der Waals surface area contributed by atoms with Crippen LogP contribution in [0.25, 0.3) is 0 Å². The Hall–Kier alpha value is -3.64. The van der Waals surface area contributed by atoms with E-state index in [0.29, 0.717) is 25.5 Å². The van der Waals surface area contributed by atoms with Crippen LogP contribution >= 0.6 is 0 Å². The molecule has 3 fully saturated rings.